The molecule has 1 aliphatic carbocycles. The van der Waals surface area contributed by atoms with Gasteiger partial charge in [-0.3, -0.25) is 4.79 Å². The lowest BCUT2D eigenvalue weighted by molar-refractivity contribution is 0.102. The minimum absolute atomic E-state index is 0.0848. The van der Waals surface area contributed by atoms with Crippen molar-refractivity contribution in [3.8, 4) is 5.75 Å². The van der Waals surface area contributed by atoms with Crippen molar-refractivity contribution >= 4 is 17.3 Å². The van der Waals surface area contributed by atoms with Crippen LogP contribution in [0, 0.1) is 0 Å². The van der Waals surface area contributed by atoms with Crippen LogP contribution >= 0.6 is 0 Å². The normalized spacial score (nSPS) is 18.3. The number of anilines is 2. The van der Waals surface area contributed by atoms with Crippen molar-refractivity contribution in [1.82, 2.24) is 4.90 Å². The summed E-state index contributed by atoms with van der Waals surface area (Å²) in [5.74, 6) is 1.41. The molecule has 0 aromatic heterocycles. The van der Waals surface area contributed by atoms with E-state index >= 15 is 0 Å². The summed E-state index contributed by atoms with van der Waals surface area (Å²) in [5.41, 5.74) is 3.89. The number of benzene rings is 2. The van der Waals surface area contributed by atoms with E-state index in [1.807, 2.05) is 30.3 Å². The van der Waals surface area contributed by atoms with Gasteiger partial charge < -0.3 is 19.9 Å². The Bertz CT molecular complexity index is 851. The third kappa shape index (κ3) is 4.78. The van der Waals surface area contributed by atoms with Gasteiger partial charge in [-0.05, 0) is 61.7 Å². The fraction of sp³-hybridized carbons (Fsp3) is 0.480. The Morgan fingerprint density at radius 3 is 2.33 bits per heavy atom. The molecule has 2 aromatic carbocycles. The molecule has 0 atom stereocenters. The first kappa shape index (κ1) is 20.7. The second-order valence-corrected chi connectivity index (χ2v) is 8.59. The molecule has 1 saturated carbocycles. The van der Waals surface area contributed by atoms with E-state index in [4.69, 9.17) is 4.74 Å². The van der Waals surface area contributed by atoms with E-state index in [-0.39, 0.29) is 5.91 Å². The molecule has 4 rings (SSSR count). The molecule has 1 heterocycles. The number of nitrogens with one attached hydrogen (secondary N) is 1. The maximum atomic E-state index is 12.9. The molecule has 1 aliphatic heterocycles. The van der Waals surface area contributed by atoms with Gasteiger partial charge in [0.05, 0.1) is 12.8 Å². The number of piperazine rings is 1. The minimum Gasteiger partial charge on any atom is -0.495 e. The molecule has 2 fully saturated rings. The second-order valence-electron chi connectivity index (χ2n) is 8.59. The smallest absolute Gasteiger partial charge is 0.255 e. The second kappa shape index (κ2) is 9.52. The van der Waals surface area contributed by atoms with E-state index in [2.05, 4.69) is 34.3 Å². The summed E-state index contributed by atoms with van der Waals surface area (Å²) in [6.07, 6.45) is 6.59. The molecular weight excluding hydrogens is 374 g/mol. The van der Waals surface area contributed by atoms with Gasteiger partial charge in [0.15, 0.2) is 0 Å². The van der Waals surface area contributed by atoms with Crippen LogP contribution in [-0.4, -0.2) is 51.1 Å². The zero-order valence-corrected chi connectivity index (χ0v) is 18.2. The quantitative estimate of drug-likeness (QED) is 0.777. The molecule has 160 valence electrons. The number of carbonyl (C=O) groups excluding carboxylic acids is 1. The molecule has 30 heavy (non-hydrogen) atoms. The van der Waals surface area contributed by atoms with E-state index in [9.17, 15) is 4.79 Å². The molecule has 1 N–H and O–H groups in total. The lowest BCUT2D eigenvalue weighted by atomic mass is 9.84. The predicted octanol–water partition coefficient (Wildman–Crippen LogP) is 4.75. The van der Waals surface area contributed by atoms with Gasteiger partial charge in [-0.2, -0.15) is 0 Å². The zero-order chi connectivity index (χ0) is 20.9. The van der Waals surface area contributed by atoms with Crippen LogP contribution < -0.4 is 15.0 Å². The summed E-state index contributed by atoms with van der Waals surface area (Å²) in [5, 5.41) is 3.06. The third-order valence-corrected chi connectivity index (χ3v) is 6.53. The molecule has 0 unspecified atom stereocenters. The van der Waals surface area contributed by atoms with Crippen molar-refractivity contribution in [1.29, 1.82) is 0 Å². The van der Waals surface area contributed by atoms with Crippen LogP contribution in [-0.2, 0) is 0 Å². The monoisotopic (exact) mass is 407 g/mol. The number of hydrogen-bond acceptors (Lipinski definition) is 4. The topological polar surface area (TPSA) is 44.8 Å². The molecule has 5 nitrogen and oxygen atoms in total. The number of carbonyl (C=O) groups is 1. The number of likely N-dealkylation sites (N-methyl/N-ethyl adjacent to an activating group) is 1. The van der Waals surface area contributed by atoms with Crippen molar-refractivity contribution < 1.29 is 9.53 Å². The highest BCUT2D eigenvalue weighted by molar-refractivity contribution is 6.05. The van der Waals surface area contributed by atoms with Crippen molar-refractivity contribution in [3.05, 3.63) is 53.6 Å². The SMILES string of the molecule is COc1ccc(C(=O)Nc2ccc(C3CCCCC3)cc2)cc1N1CCN(C)CC1. The highest BCUT2D eigenvalue weighted by atomic mass is 16.5. The van der Waals surface area contributed by atoms with Crippen LogP contribution in [0.2, 0.25) is 0 Å². The van der Waals surface area contributed by atoms with Gasteiger partial charge in [-0.25, -0.2) is 0 Å². The third-order valence-electron chi connectivity index (χ3n) is 6.53. The Morgan fingerprint density at radius 2 is 1.67 bits per heavy atom. The van der Waals surface area contributed by atoms with Gasteiger partial charge in [0, 0.05) is 37.4 Å². The summed E-state index contributed by atoms with van der Waals surface area (Å²) in [6.45, 7) is 3.88. The van der Waals surface area contributed by atoms with Crippen molar-refractivity contribution in [2.24, 2.45) is 0 Å². The van der Waals surface area contributed by atoms with E-state index in [0.717, 1.165) is 43.3 Å². The van der Waals surface area contributed by atoms with Gasteiger partial charge in [0.2, 0.25) is 0 Å². The van der Waals surface area contributed by atoms with Gasteiger partial charge >= 0.3 is 0 Å². The van der Waals surface area contributed by atoms with Gasteiger partial charge in [-0.15, -0.1) is 0 Å². The minimum atomic E-state index is -0.0848. The highest BCUT2D eigenvalue weighted by Gasteiger charge is 2.20. The molecule has 2 aromatic rings. The standard InChI is InChI=1S/C25H33N3O2/c1-27-14-16-28(17-15-27)23-18-21(10-13-24(23)30-2)25(29)26-22-11-8-20(9-12-22)19-6-4-3-5-7-19/h8-13,18-19H,3-7,14-17H2,1-2H3,(H,26,29). The van der Waals surface area contributed by atoms with E-state index in [0.29, 0.717) is 11.5 Å². The molecule has 5 heteroatoms. The summed E-state index contributed by atoms with van der Waals surface area (Å²) >= 11 is 0. The van der Waals surface area contributed by atoms with Gasteiger partial charge in [0.1, 0.15) is 5.75 Å². The molecule has 0 bridgehead atoms. The highest BCUT2D eigenvalue weighted by Crippen LogP contribution is 2.33. The lowest BCUT2D eigenvalue weighted by Gasteiger charge is -2.34. The number of amides is 1. The van der Waals surface area contributed by atoms with Crippen molar-refractivity contribution in [3.63, 3.8) is 0 Å². The van der Waals surface area contributed by atoms with Crippen LogP contribution in [0.25, 0.3) is 0 Å². The first-order valence-electron chi connectivity index (χ1n) is 11.2. The van der Waals surface area contributed by atoms with Crippen LogP contribution in [0.5, 0.6) is 5.75 Å². The van der Waals surface area contributed by atoms with Crippen molar-refractivity contribution in [2.75, 3.05) is 50.6 Å². The Hall–Kier alpha value is -2.53. The molecule has 1 amide bonds. The fourth-order valence-electron chi connectivity index (χ4n) is 4.60. The summed E-state index contributed by atoms with van der Waals surface area (Å²) < 4.78 is 5.56. The van der Waals surface area contributed by atoms with Crippen LogP contribution in [0.4, 0.5) is 11.4 Å². The summed E-state index contributed by atoms with van der Waals surface area (Å²) in [4.78, 5) is 17.5. The molecule has 1 saturated heterocycles. The molecule has 0 spiro atoms. The number of nitrogens with zero attached hydrogens (tertiary/aromatic N) is 2. The Kier molecular flexibility index (Phi) is 6.58. The average molecular weight is 408 g/mol. The Balaban J connectivity index is 1.45. The van der Waals surface area contributed by atoms with Crippen LogP contribution in [0.1, 0.15) is 53.9 Å². The first-order chi connectivity index (χ1) is 14.6. The zero-order valence-electron chi connectivity index (χ0n) is 18.2. The van der Waals surface area contributed by atoms with Crippen LogP contribution in [0.15, 0.2) is 42.5 Å². The number of methoxy groups -OCH3 is 1. The maximum absolute atomic E-state index is 12.9. The largest absolute Gasteiger partial charge is 0.495 e. The molecule has 2 aliphatic rings. The Morgan fingerprint density at radius 1 is 0.967 bits per heavy atom. The summed E-state index contributed by atoms with van der Waals surface area (Å²) in [6, 6.07) is 14.1. The van der Waals surface area contributed by atoms with E-state index in [1.165, 1.54) is 37.7 Å². The number of hydrogen-bond donors (Lipinski definition) is 1. The van der Waals surface area contributed by atoms with E-state index in [1.54, 1.807) is 7.11 Å². The fourth-order valence-corrected chi connectivity index (χ4v) is 4.60. The molecular formula is C25H33N3O2. The molecule has 0 radical (unpaired) electrons. The van der Waals surface area contributed by atoms with Crippen molar-refractivity contribution in [2.45, 2.75) is 38.0 Å². The average Bonchev–Trinajstić information content (AvgIpc) is 2.80. The summed E-state index contributed by atoms with van der Waals surface area (Å²) in [7, 11) is 3.82. The van der Waals surface area contributed by atoms with Crippen LogP contribution in [0.3, 0.4) is 0 Å². The lowest BCUT2D eigenvalue weighted by Crippen LogP contribution is -2.44. The Labute approximate surface area is 180 Å². The maximum Gasteiger partial charge on any atom is 0.255 e. The first-order valence-corrected chi connectivity index (χ1v) is 11.2. The number of ether oxygens (including phenoxy) is 1. The van der Waals surface area contributed by atoms with Gasteiger partial charge in [0.25, 0.3) is 5.91 Å². The number of rotatable bonds is 5. The van der Waals surface area contributed by atoms with E-state index < -0.39 is 0 Å². The van der Waals surface area contributed by atoms with Gasteiger partial charge in [-0.1, -0.05) is 31.4 Å². The predicted molar refractivity (Wildman–Crippen MR) is 123 cm³/mol.